The quantitative estimate of drug-likeness (QED) is 0.250. The molecule has 0 atom stereocenters. The fourth-order valence-corrected chi connectivity index (χ4v) is 3.31. The van der Waals surface area contributed by atoms with Crippen LogP contribution in [0.3, 0.4) is 0 Å². The molecule has 1 heterocycles. The third kappa shape index (κ3) is 1.52. The van der Waals surface area contributed by atoms with E-state index in [0.29, 0.717) is 0 Å². The van der Waals surface area contributed by atoms with Crippen molar-refractivity contribution in [1.29, 1.82) is 0 Å². The van der Waals surface area contributed by atoms with Crippen LogP contribution in [0.5, 0.6) is 0 Å². The zero-order valence-corrected chi connectivity index (χ0v) is 11.6. The Morgan fingerprint density at radius 2 is 1.41 bits per heavy atom. The van der Waals surface area contributed by atoms with E-state index in [1.807, 2.05) is 24.3 Å². The summed E-state index contributed by atoms with van der Waals surface area (Å²) in [4.78, 5) is 0. The van der Waals surface area contributed by atoms with Crippen LogP contribution >= 0.6 is 0 Å². The number of hydrogen-bond acceptors (Lipinski definition) is 1. The van der Waals surface area contributed by atoms with Crippen molar-refractivity contribution in [3.05, 3.63) is 72.7 Å². The molecule has 1 aromatic heterocycles. The fraction of sp³-hybridized carbons (Fsp3) is 0. The van der Waals surface area contributed by atoms with Crippen LogP contribution in [-0.2, 0) is 0 Å². The summed E-state index contributed by atoms with van der Waals surface area (Å²) < 4.78 is 18.9. The molecule has 0 bridgehead atoms. The third-order valence-electron chi connectivity index (χ3n) is 4.37. The molecule has 0 aliphatic carbocycles. The Bertz CT molecular complexity index is 1180. The summed E-state index contributed by atoms with van der Waals surface area (Å²) >= 11 is 0. The monoisotopic (exact) mass is 286 g/mol. The highest BCUT2D eigenvalue weighted by molar-refractivity contribution is 6.18. The van der Waals surface area contributed by atoms with Crippen LogP contribution in [0.25, 0.3) is 43.3 Å². The van der Waals surface area contributed by atoms with Crippen LogP contribution in [0, 0.1) is 5.82 Å². The van der Waals surface area contributed by atoms with Gasteiger partial charge in [-0.15, -0.1) is 0 Å². The van der Waals surface area contributed by atoms with E-state index in [2.05, 4.69) is 24.3 Å². The van der Waals surface area contributed by atoms with Gasteiger partial charge in [0.1, 0.15) is 11.4 Å². The molecular formula is C20H11FO. The van der Waals surface area contributed by atoms with Crippen LogP contribution in [0.2, 0.25) is 0 Å². The normalized spacial score (nSPS) is 11.9. The van der Waals surface area contributed by atoms with Gasteiger partial charge in [0.25, 0.3) is 0 Å². The molecule has 0 unspecified atom stereocenters. The van der Waals surface area contributed by atoms with Gasteiger partial charge in [-0.3, -0.25) is 0 Å². The molecular weight excluding hydrogens is 275 g/mol. The molecule has 1 nitrogen and oxygen atoms in total. The summed E-state index contributed by atoms with van der Waals surface area (Å²) in [5, 5.41) is 7.77. The topological polar surface area (TPSA) is 13.1 Å². The summed E-state index contributed by atoms with van der Waals surface area (Å²) in [6.45, 7) is 0. The Hall–Kier alpha value is -2.87. The average Bonchev–Trinajstić information content (AvgIpc) is 3.01. The summed E-state index contributed by atoms with van der Waals surface area (Å²) in [6.07, 6.45) is 1.72. The summed E-state index contributed by atoms with van der Waals surface area (Å²) in [7, 11) is 0. The maximum atomic E-state index is 13.4. The number of furan rings is 1. The highest BCUT2D eigenvalue weighted by Gasteiger charge is 2.07. The maximum Gasteiger partial charge on any atom is 0.134 e. The highest BCUT2D eigenvalue weighted by Crippen LogP contribution is 2.33. The molecule has 0 amide bonds. The minimum absolute atomic E-state index is 0.201. The van der Waals surface area contributed by atoms with E-state index >= 15 is 0 Å². The van der Waals surface area contributed by atoms with Crippen molar-refractivity contribution in [2.45, 2.75) is 0 Å². The summed E-state index contributed by atoms with van der Waals surface area (Å²) in [5.74, 6) is -0.201. The first-order valence-corrected chi connectivity index (χ1v) is 7.21. The lowest BCUT2D eigenvalue weighted by atomic mass is 9.97. The fourth-order valence-electron chi connectivity index (χ4n) is 3.31. The Balaban J connectivity index is 2.00. The minimum atomic E-state index is -0.201. The van der Waals surface area contributed by atoms with Crippen molar-refractivity contribution < 1.29 is 8.81 Å². The lowest BCUT2D eigenvalue weighted by Crippen LogP contribution is -1.81. The van der Waals surface area contributed by atoms with Crippen molar-refractivity contribution in [2.24, 2.45) is 0 Å². The Morgan fingerprint density at radius 3 is 2.36 bits per heavy atom. The van der Waals surface area contributed by atoms with Crippen LogP contribution < -0.4 is 0 Å². The first kappa shape index (κ1) is 11.8. The summed E-state index contributed by atoms with van der Waals surface area (Å²) in [5.41, 5.74) is 0.898. The second-order valence-corrected chi connectivity index (χ2v) is 5.62. The number of fused-ring (bicyclic) bond motifs is 6. The van der Waals surface area contributed by atoms with Gasteiger partial charge in [0.2, 0.25) is 0 Å². The smallest absolute Gasteiger partial charge is 0.134 e. The van der Waals surface area contributed by atoms with Crippen molar-refractivity contribution >= 4 is 43.3 Å². The second kappa shape index (κ2) is 4.08. The maximum absolute atomic E-state index is 13.4. The van der Waals surface area contributed by atoms with Gasteiger partial charge in [-0.25, -0.2) is 4.39 Å². The molecule has 0 fully saturated rings. The zero-order valence-electron chi connectivity index (χ0n) is 11.6. The van der Waals surface area contributed by atoms with Gasteiger partial charge >= 0.3 is 0 Å². The number of hydrogen-bond donors (Lipinski definition) is 0. The molecule has 0 radical (unpaired) electrons. The molecule has 0 saturated heterocycles. The van der Waals surface area contributed by atoms with Crippen molar-refractivity contribution in [2.75, 3.05) is 0 Å². The van der Waals surface area contributed by atoms with E-state index < -0.39 is 0 Å². The highest BCUT2D eigenvalue weighted by atomic mass is 19.1. The molecule has 104 valence electrons. The van der Waals surface area contributed by atoms with E-state index in [0.717, 1.165) is 27.1 Å². The zero-order chi connectivity index (χ0) is 14.7. The number of benzene rings is 4. The molecule has 0 spiro atoms. The number of halogens is 1. The number of rotatable bonds is 0. The predicted molar refractivity (Wildman–Crippen MR) is 88.7 cm³/mol. The second-order valence-electron chi connectivity index (χ2n) is 5.62. The summed E-state index contributed by atoms with van der Waals surface area (Å²) in [6, 6.07) is 19.4. The molecule has 0 saturated carbocycles. The van der Waals surface area contributed by atoms with Crippen molar-refractivity contribution in [1.82, 2.24) is 0 Å². The Morgan fingerprint density at radius 1 is 0.591 bits per heavy atom. The van der Waals surface area contributed by atoms with Crippen molar-refractivity contribution in [3.8, 4) is 0 Å². The van der Waals surface area contributed by atoms with E-state index in [9.17, 15) is 4.39 Å². The van der Waals surface area contributed by atoms with Gasteiger partial charge in [0.05, 0.1) is 6.26 Å². The predicted octanol–water partition coefficient (Wildman–Crippen LogP) is 6.03. The largest absolute Gasteiger partial charge is 0.464 e. The first-order chi connectivity index (χ1) is 10.8. The van der Waals surface area contributed by atoms with E-state index in [-0.39, 0.29) is 5.82 Å². The lowest BCUT2D eigenvalue weighted by Gasteiger charge is -2.07. The molecule has 0 aliphatic rings. The van der Waals surface area contributed by atoms with Crippen LogP contribution in [0.4, 0.5) is 4.39 Å². The molecule has 5 rings (SSSR count). The standard InChI is InChI=1S/C20H11FO/c21-15-3-1-12-11-19-13(9-14(12)10-15)2-4-16-17(19)5-6-20-18(16)7-8-22-20/h1-11H. The molecule has 2 heteroatoms. The minimum Gasteiger partial charge on any atom is -0.464 e. The van der Waals surface area contributed by atoms with Gasteiger partial charge in [-0.05, 0) is 68.7 Å². The molecule has 0 N–H and O–H groups in total. The molecule has 4 aromatic carbocycles. The van der Waals surface area contributed by atoms with E-state index in [1.54, 1.807) is 12.3 Å². The molecule has 0 aliphatic heterocycles. The average molecular weight is 286 g/mol. The van der Waals surface area contributed by atoms with E-state index in [4.69, 9.17) is 4.42 Å². The Kier molecular flexibility index (Phi) is 2.18. The Labute approximate surface area is 125 Å². The van der Waals surface area contributed by atoms with E-state index in [1.165, 1.54) is 22.2 Å². The van der Waals surface area contributed by atoms with Gasteiger partial charge < -0.3 is 4.42 Å². The SMILES string of the molecule is Fc1ccc2cc3c(ccc4c5ccoc5ccc34)cc2c1. The van der Waals surface area contributed by atoms with Gasteiger partial charge in [0.15, 0.2) is 0 Å². The third-order valence-corrected chi connectivity index (χ3v) is 4.37. The van der Waals surface area contributed by atoms with Crippen LogP contribution in [0.15, 0.2) is 71.3 Å². The van der Waals surface area contributed by atoms with Crippen molar-refractivity contribution in [3.63, 3.8) is 0 Å². The van der Waals surface area contributed by atoms with Gasteiger partial charge in [0, 0.05) is 5.39 Å². The van der Waals surface area contributed by atoms with Gasteiger partial charge in [-0.2, -0.15) is 0 Å². The molecule has 22 heavy (non-hydrogen) atoms. The lowest BCUT2D eigenvalue weighted by molar-refractivity contribution is 0.616. The molecule has 5 aromatic rings. The first-order valence-electron chi connectivity index (χ1n) is 7.21. The van der Waals surface area contributed by atoms with Crippen LogP contribution in [0.1, 0.15) is 0 Å². The van der Waals surface area contributed by atoms with Crippen LogP contribution in [-0.4, -0.2) is 0 Å². The van der Waals surface area contributed by atoms with Gasteiger partial charge in [-0.1, -0.05) is 24.3 Å².